The van der Waals surface area contributed by atoms with E-state index in [9.17, 15) is 0 Å². The number of fused-ring (bicyclic) bond motifs is 3. The molecule has 0 fully saturated rings. The summed E-state index contributed by atoms with van der Waals surface area (Å²) in [6.45, 7) is 5.76. The van der Waals surface area contributed by atoms with Crippen LogP contribution in [0.25, 0.3) is 55.3 Å². The van der Waals surface area contributed by atoms with E-state index in [2.05, 4.69) is 197 Å². The lowest BCUT2D eigenvalue weighted by Crippen LogP contribution is -2.17. The van der Waals surface area contributed by atoms with Crippen LogP contribution in [0.4, 0.5) is 17.1 Å². The van der Waals surface area contributed by atoms with Crippen LogP contribution in [-0.4, -0.2) is 17.5 Å². The molecule has 7 aromatic carbocycles. The molecule has 272 valence electrons. The van der Waals surface area contributed by atoms with Gasteiger partial charge in [0.1, 0.15) is 5.84 Å². The summed E-state index contributed by atoms with van der Waals surface area (Å²) in [5, 5.41) is 16.9. The van der Waals surface area contributed by atoms with Crippen molar-refractivity contribution in [1.82, 2.24) is 15.2 Å². The fourth-order valence-corrected chi connectivity index (χ4v) is 7.53. The maximum absolute atomic E-state index is 8.45. The molecular weight excluding hydrogens is 683 g/mol. The lowest BCUT2D eigenvalue weighted by molar-refractivity contribution is 1.11. The van der Waals surface area contributed by atoms with Gasteiger partial charge in [0.05, 0.1) is 11.0 Å². The molecule has 0 aliphatic rings. The number of nitrogens with one attached hydrogen (secondary N) is 3. The summed E-state index contributed by atoms with van der Waals surface area (Å²) in [7, 11) is 1.92. The second kappa shape index (κ2) is 15.9. The zero-order valence-electron chi connectivity index (χ0n) is 31.6. The van der Waals surface area contributed by atoms with E-state index in [1.165, 1.54) is 33.8 Å². The van der Waals surface area contributed by atoms with E-state index in [1.807, 2.05) is 32.3 Å². The molecule has 0 radical (unpaired) electrons. The molecule has 56 heavy (non-hydrogen) atoms. The minimum atomic E-state index is 0.300. The van der Waals surface area contributed by atoms with E-state index >= 15 is 0 Å². The predicted octanol–water partition coefficient (Wildman–Crippen LogP) is 12.8. The third-order valence-electron chi connectivity index (χ3n) is 10.1. The molecular formula is C51H43N5. The first-order valence-corrected chi connectivity index (χ1v) is 18.8. The van der Waals surface area contributed by atoms with Gasteiger partial charge in [-0.2, -0.15) is 0 Å². The number of benzene rings is 7. The Morgan fingerprint density at radius 2 is 1.21 bits per heavy atom. The largest absolute Gasteiger partial charge is 0.393 e. The van der Waals surface area contributed by atoms with Crippen molar-refractivity contribution in [3.63, 3.8) is 0 Å². The first-order valence-electron chi connectivity index (χ1n) is 18.8. The number of hydrogen-bond acceptors (Lipinski definition) is 3. The van der Waals surface area contributed by atoms with Crippen LogP contribution >= 0.6 is 0 Å². The van der Waals surface area contributed by atoms with Crippen molar-refractivity contribution in [3.05, 3.63) is 212 Å². The molecule has 0 atom stereocenters. The Morgan fingerprint density at radius 3 is 1.82 bits per heavy atom. The van der Waals surface area contributed by atoms with E-state index in [0.717, 1.165) is 55.9 Å². The molecule has 0 aliphatic carbocycles. The fourth-order valence-electron chi connectivity index (χ4n) is 7.53. The third-order valence-corrected chi connectivity index (χ3v) is 10.1. The molecule has 0 saturated heterocycles. The van der Waals surface area contributed by atoms with E-state index in [-0.39, 0.29) is 0 Å². The smallest absolute Gasteiger partial charge is 0.129 e. The lowest BCUT2D eigenvalue weighted by atomic mass is 9.95. The Kier molecular flexibility index (Phi) is 10.1. The molecule has 1 heterocycles. The van der Waals surface area contributed by atoms with Crippen molar-refractivity contribution in [2.75, 3.05) is 11.9 Å². The van der Waals surface area contributed by atoms with Crippen LogP contribution in [-0.2, 0) is 0 Å². The molecule has 0 aliphatic heterocycles. The molecule has 0 unspecified atom stereocenters. The van der Waals surface area contributed by atoms with Crippen LogP contribution in [0.3, 0.4) is 0 Å². The van der Waals surface area contributed by atoms with Gasteiger partial charge in [0, 0.05) is 57.9 Å². The predicted molar refractivity (Wildman–Crippen MR) is 238 cm³/mol. The minimum absolute atomic E-state index is 0.300. The number of hydrogen-bond donors (Lipinski definition) is 3. The molecule has 0 amide bonds. The van der Waals surface area contributed by atoms with Gasteiger partial charge in [-0.1, -0.05) is 110 Å². The average molecular weight is 726 g/mol. The second-order valence-electron chi connectivity index (χ2n) is 13.6. The van der Waals surface area contributed by atoms with E-state index in [4.69, 9.17) is 5.41 Å². The summed E-state index contributed by atoms with van der Waals surface area (Å²) in [5.74, 6) is 0.300. The van der Waals surface area contributed by atoms with E-state index in [1.54, 1.807) is 0 Å². The average Bonchev–Trinajstić information content (AvgIpc) is 3.58. The Balaban J connectivity index is 1.39. The Hall–Kier alpha value is -7.37. The molecule has 1 aromatic heterocycles. The number of rotatable bonds is 11. The highest BCUT2D eigenvalue weighted by atomic mass is 15.1. The van der Waals surface area contributed by atoms with Gasteiger partial charge in [0.15, 0.2) is 0 Å². The number of amidine groups is 1. The van der Waals surface area contributed by atoms with Crippen molar-refractivity contribution in [2.24, 2.45) is 0 Å². The molecule has 3 N–H and O–H groups in total. The van der Waals surface area contributed by atoms with Crippen LogP contribution in [0, 0.1) is 5.41 Å². The van der Waals surface area contributed by atoms with Crippen molar-refractivity contribution in [1.29, 1.82) is 5.41 Å². The SMILES string of the molecule is C=CNC(=N)c1ccc(N(c2ccc(C(/C=C\C)=C/NC)cc2)c2ccc3c(c2)c2cc(-c4ccccc4)cc(-c4ccccc4)c2n3-c2ccccc2)cc1. The second-order valence-corrected chi connectivity index (χ2v) is 13.6. The van der Waals surface area contributed by atoms with Gasteiger partial charge in [-0.25, -0.2) is 0 Å². The van der Waals surface area contributed by atoms with Gasteiger partial charge in [-0.15, -0.1) is 0 Å². The molecule has 0 spiro atoms. The highest BCUT2D eigenvalue weighted by Crippen LogP contribution is 2.44. The van der Waals surface area contributed by atoms with Gasteiger partial charge < -0.3 is 20.1 Å². The quantitative estimate of drug-likeness (QED) is 0.0707. The van der Waals surface area contributed by atoms with Gasteiger partial charge >= 0.3 is 0 Å². The summed E-state index contributed by atoms with van der Waals surface area (Å²) in [6.07, 6.45) is 7.71. The van der Waals surface area contributed by atoms with E-state index < -0.39 is 0 Å². The zero-order chi connectivity index (χ0) is 38.4. The number of aromatic nitrogens is 1. The third kappa shape index (κ3) is 6.90. The summed E-state index contributed by atoms with van der Waals surface area (Å²) in [6, 6.07) is 60.3. The van der Waals surface area contributed by atoms with E-state index in [0.29, 0.717) is 5.84 Å². The number of nitrogens with zero attached hydrogens (tertiary/aromatic N) is 2. The van der Waals surface area contributed by atoms with Crippen LogP contribution in [0.15, 0.2) is 201 Å². The van der Waals surface area contributed by atoms with Crippen molar-refractivity contribution >= 4 is 50.3 Å². The summed E-state index contributed by atoms with van der Waals surface area (Å²) < 4.78 is 2.41. The molecule has 0 saturated carbocycles. The first-order chi connectivity index (χ1) is 27.6. The van der Waals surface area contributed by atoms with Gasteiger partial charge in [0.2, 0.25) is 0 Å². The highest BCUT2D eigenvalue weighted by molar-refractivity contribution is 6.16. The van der Waals surface area contributed by atoms with Gasteiger partial charge in [0.25, 0.3) is 0 Å². The summed E-state index contributed by atoms with van der Waals surface area (Å²) in [4.78, 5) is 2.29. The van der Waals surface area contributed by atoms with Crippen LogP contribution in [0.1, 0.15) is 18.1 Å². The zero-order valence-corrected chi connectivity index (χ0v) is 31.6. The Labute approximate surface area is 328 Å². The maximum atomic E-state index is 8.45. The summed E-state index contributed by atoms with van der Waals surface area (Å²) >= 11 is 0. The molecule has 5 nitrogen and oxygen atoms in total. The van der Waals surface area contributed by atoms with Crippen LogP contribution in [0.2, 0.25) is 0 Å². The lowest BCUT2D eigenvalue weighted by Gasteiger charge is -2.26. The van der Waals surface area contributed by atoms with Gasteiger partial charge in [-0.3, -0.25) is 5.41 Å². The normalized spacial score (nSPS) is 11.6. The van der Waals surface area contributed by atoms with Crippen LogP contribution in [0.5, 0.6) is 0 Å². The number of allylic oxidation sites excluding steroid dienone is 3. The first kappa shape index (κ1) is 35.6. The Morgan fingerprint density at radius 1 is 0.625 bits per heavy atom. The fraction of sp³-hybridized carbons (Fsp3) is 0.0392. The highest BCUT2D eigenvalue weighted by Gasteiger charge is 2.21. The summed E-state index contributed by atoms with van der Waals surface area (Å²) in [5.41, 5.74) is 14.1. The molecule has 5 heteroatoms. The maximum Gasteiger partial charge on any atom is 0.129 e. The molecule has 8 aromatic rings. The van der Waals surface area contributed by atoms with Crippen LogP contribution < -0.4 is 15.5 Å². The number of anilines is 3. The number of para-hydroxylation sites is 1. The molecule has 0 bridgehead atoms. The van der Waals surface area contributed by atoms with Crippen molar-refractivity contribution < 1.29 is 0 Å². The topological polar surface area (TPSA) is 56.1 Å². The molecule has 8 rings (SSSR count). The van der Waals surface area contributed by atoms with Crippen molar-refractivity contribution in [2.45, 2.75) is 6.92 Å². The van der Waals surface area contributed by atoms with Crippen molar-refractivity contribution in [3.8, 4) is 27.9 Å². The standard InChI is InChI=1S/C51H43N5/c1-4-15-40(35-53-3)37-22-26-43(27-23-37)55(44-28-24-39(25-29-44)51(52)54-5-2)45-30-31-49-47(34-45)48-33-41(36-16-9-6-10-17-36)32-46(38-18-11-7-12-19-38)50(48)56(49)42-20-13-8-14-21-42/h4-35,53H,2H2,1,3H3,(H2,52,54)/b15-4-,40-35+. The monoisotopic (exact) mass is 725 g/mol. The Bertz CT molecular complexity index is 2710. The van der Waals surface area contributed by atoms with Gasteiger partial charge in [-0.05, 0) is 120 Å². The minimum Gasteiger partial charge on any atom is -0.393 e.